The van der Waals surface area contributed by atoms with Crippen molar-refractivity contribution in [3.8, 4) is 11.8 Å². The Bertz CT molecular complexity index is 800. The SMILES string of the molecule is COc1ccc(Nc2nccnc2C#N)cc1N1CCCCC1=O. The van der Waals surface area contributed by atoms with Crippen molar-refractivity contribution in [3.63, 3.8) is 0 Å². The first-order chi connectivity index (χ1) is 11.7. The summed E-state index contributed by atoms with van der Waals surface area (Å²) in [5.41, 5.74) is 1.64. The summed E-state index contributed by atoms with van der Waals surface area (Å²) in [5, 5.41) is 12.2. The molecule has 2 aromatic rings. The third-order valence-electron chi connectivity index (χ3n) is 3.86. The molecule has 7 nitrogen and oxygen atoms in total. The van der Waals surface area contributed by atoms with Gasteiger partial charge in [-0.3, -0.25) is 4.79 Å². The number of rotatable bonds is 4. The topological polar surface area (TPSA) is 91.1 Å². The van der Waals surface area contributed by atoms with Gasteiger partial charge in [-0.2, -0.15) is 5.26 Å². The number of hydrogen-bond acceptors (Lipinski definition) is 6. The van der Waals surface area contributed by atoms with Crippen LogP contribution in [-0.4, -0.2) is 29.5 Å². The number of hydrogen-bond donors (Lipinski definition) is 1. The third kappa shape index (κ3) is 3.13. The van der Waals surface area contributed by atoms with Crippen LogP contribution in [0.25, 0.3) is 0 Å². The second kappa shape index (κ2) is 6.96. The van der Waals surface area contributed by atoms with Gasteiger partial charge in [0.05, 0.1) is 12.8 Å². The van der Waals surface area contributed by atoms with Gasteiger partial charge in [0.25, 0.3) is 0 Å². The van der Waals surface area contributed by atoms with Gasteiger partial charge >= 0.3 is 0 Å². The van der Waals surface area contributed by atoms with Crippen molar-refractivity contribution in [3.05, 3.63) is 36.3 Å². The molecule has 1 fully saturated rings. The van der Waals surface area contributed by atoms with E-state index in [-0.39, 0.29) is 11.6 Å². The predicted octanol–water partition coefficient (Wildman–Crippen LogP) is 2.62. The quantitative estimate of drug-likeness (QED) is 0.930. The van der Waals surface area contributed by atoms with Crippen LogP contribution >= 0.6 is 0 Å². The molecule has 0 unspecified atom stereocenters. The van der Waals surface area contributed by atoms with Gasteiger partial charge in [0.1, 0.15) is 11.8 Å². The fraction of sp³-hybridized carbons (Fsp3) is 0.294. The lowest BCUT2D eigenvalue weighted by Gasteiger charge is -2.28. The molecule has 7 heteroatoms. The van der Waals surface area contributed by atoms with E-state index in [9.17, 15) is 4.79 Å². The molecule has 0 saturated carbocycles. The number of ether oxygens (including phenoxy) is 1. The average Bonchev–Trinajstić information content (AvgIpc) is 2.62. The average molecular weight is 323 g/mol. The highest BCUT2D eigenvalue weighted by Gasteiger charge is 2.23. The number of nitrogens with zero attached hydrogens (tertiary/aromatic N) is 4. The van der Waals surface area contributed by atoms with Crippen LogP contribution in [0.2, 0.25) is 0 Å². The summed E-state index contributed by atoms with van der Waals surface area (Å²) >= 11 is 0. The van der Waals surface area contributed by atoms with Crippen LogP contribution in [0.3, 0.4) is 0 Å². The minimum Gasteiger partial charge on any atom is -0.495 e. The summed E-state index contributed by atoms with van der Waals surface area (Å²) in [6.07, 6.45) is 5.41. The second-order valence-electron chi connectivity index (χ2n) is 5.38. The van der Waals surface area contributed by atoms with Crippen molar-refractivity contribution in [1.82, 2.24) is 9.97 Å². The van der Waals surface area contributed by atoms with Crippen LogP contribution in [0.15, 0.2) is 30.6 Å². The molecule has 1 aromatic heterocycles. The van der Waals surface area contributed by atoms with E-state index in [2.05, 4.69) is 15.3 Å². The van der Waals surface area contributed by atoms with Crippen LogP contribution in [0, 0.1) is 11.3 Å². The maximum atomic E-state index is 12.2. The highest BCUT2D eigenvalue weighted by atomic mass is 16.5. The Kier molecular flexibility index (Phi) is 4.57. The Balaban J connectivity index is 1.94. The maximum absolute atomic E-state index is 12.2. The van der Waals surface area contributed by atoms with E-state index in [1.807, 2.05) is 18.2 Å². The fourth-order valence-electron chi connectivity index (χ4n) is 2.69. The molecular formula is C17H17N5O2. The van der Waals surface area contributed by atoms with E-state index in [0.29, 0.717) is 30.2 Å². The molecule has 2 heterocycles. The minimum atomic E-state index is 0.0916. The number of anilines is 3. The number of piperidine rings is 1. The summed E-state index contributed by atoms with van der Waals surface area (Å²) < 4.78 is 5.40. The molecule has 1 aliphatic rings. The minimum absolute atomic E-state index is 0.0916. The van der Waals surface area contributed by atoms with Crippen LogP contribution in [0.5, 0.6) is 5.75 Å². The molecule has 1 amide bonds. The molecule has 0 atom stereocenters. The highest BCUT2D eigenvalue weighted by Crippen LogP contribution is 2.34. The number of methoxy groups -OCH3 is 1. The lowest BCUT2D eigenvalue weighted by Crippen LogP contribution is -2.35. The van der Waals surface area contributed by atoms with Crippen molar-refractivity contribution >= 4 is 23.1 Å². The number of amides is 1. The molecule has 1 saturated heterocycles. The Labute approximate surface area is 139 Å². The highest BCUT2D eigenvalue weighted by molar-refractivity contribution is 5.96. The molecule has 3 rings (SSSR count). The van der Waals surface area contributed by atoms with Crippen molar-refractivity contribution in [1.29, 1.82) is 5.26 Å². The largest absolute Gasteiger partial charge is 0.495 e. The van der Waals surface area contributed by atoms with Gasteiger partial charge < -0.3 is 15.0 Å². The van der Waals surface area contributed by atoms with Crippen LogP contribution in [0.4, 0.5) is 17.2 Å². The smallest absolute Gasteiger partial charge is 0.227 e. The van der Waals surface area contributed by atoms with Crippen LogP contribution in [-0.2, 0) is 4.79 Å². The lowest BCUT2D eigenvalue weighted by molar-refractivity contribution is -0.119. The molecule has 0 spiro atoms. The normalized spacial score (nSPS) is 14.2. The van der Waals surface area contributed by atoms with Crippen molar-refractivity contribution in [2.24, 2.45) is 0 Å². The van der Waals surface area contributed by atoms with E-state index < -0.39 is 0 Å². The van der Waals surface area contributed by atoms with Gasteiger partial charge in [-0.1, -0.05) is 0 Å². The van der Waals surface area contributed by atoms with Gasteiger partial charge in [-0.15, -0.1) is 0 Å². The van der Waals surface area contributed by atoms with Crippen molar-refractivity contribution in [2.75, 3.05) is 23.9 Å². The molecular weight excluding hydrogens is 306 g/mol. The first kappa shape index (κ1) is 15.7. The number of carbonyl (C=O) groups excluding carboxylic acids is 1. The van der Waals surface area contributed by atoms with Crippen LogP contribution < -0.4 is 15.0 Å². The number of aromatic nitrogens is 2. The summed E-state index contributed by atoms with van der Waals surface area (Å²) in [6.45, 7) is 0.674. The van der Waals surface area contributed by atoms with Gasteiger partial charge in [-0.05, 0) is 31.0 Å². The summed E-state index contributed by atoms with van der Waals surface area (Å²) in [6, 6.07) is 7.44. The van der Waals surface area contributed by atoms with E-state index in [0.717, 1.165) is 18.5 Å². The zero-order chi connectivity index (χ0) is 16.9. The Morgan fingerprint density at radius 3 is 2.88 bits per heavy atom. The molecule has 0 aliphatic carbocycles. The lowest BCUT2D eigenvalue weighted by atomic mass is 10.1. The molecule has 1 N–H and O–H groups in total. The predicted molar refractivity (Wildman–Crippen MR) is 89.2 cm³/mol. The van der Waals surface area contributed by atoms with Gasteiger partial charge in [0.2, 0.25) is 5.91 Å². The number of carbonyl (C=O) groups is 1. The van der Waals surface area contributed by atoms with E-state index in [1.54, 1.807) is 18.1 Å². The summed E-state index contributed by atoms with van der Waals surface area (Å²) in [7, 11) is 1.58. The standard InChI is InChI=1S/C17H17N5O2/c1-24-15-6-5-12(21-17-13(11-18)19-7-8-20-17)10-14(15)22-9-3-2-4-16(22)23/h5-8,10H,2-4,9H2,1H3,(H,20,21). The van der Waals surface area contributed by atoms with Gasteiger partial charge in [-0.25, -0.2) is 9.97 Å². The van der Waals surface area contributed by atoms with Crippen LogP contribution in [0.1, 0.15) is 25.0 Å². The zero-order valence-corrected chi connectivity index (χ0v) is 13.3. The van der Waals surface area contributed by atoms with Crippen molar-refractivity contribution in [2.45, 2.75) is 19.3 Å². The molecule has 0 bridgehead atoms. The number of benzene rings is 1. The molecule has 1 aromatic carbocycles. The van der Waals surface area contributed by atoms with E-state index in [1.165, 1.54) is 12.4 Å². The Hall–Kier alpha value is -3.14. The molecule has 122 valence electrons. The zero-order valence-electron chi connectivity index (χ0n) is 13.3. The summed E-state index contributed by atoms with van der Waals surface area (Å²) in [4.78, 5) is 22.1. The van der Waals surface area contributed by atoms with E-state index in [4.69, 9.17) is 10.00 Å². The third-order valence-corrected chi connectivity index (χ3v) is 3.86. The fourth-order valence-corrected chi connectivity index (χ4v) is 2.69. The van der Waals surface area contributed by atoms with Gasteiger partial charge in [0, 0.05) is 31.0 Å². The molecule has 1 aliphatic heterocycles. The number of nitrogens with one attached hydrogen (secondary N) is 1. The Morgan fingerprint density at radius 1 is 1.29 bits per heavy atom. The second-order valence-corrected chi connectivity index (χ2v) is 5.38. The Morgan fingerprint density at radius 2 is 2.12 bits per heavy atom. The van der Waals surface area contributed by atoms with E-state index >= 15 is 0 Å². The monoisotopic (exact) mass is 323 g/mol. The molecule has 24 heavy (non-hydrogen) atoms. The number of nitriles is 1. The summed E-state index contributed by atoms with van der Waals surface area (Å²) in [5.74, 6) is 1.10. The first-order valence-corrected chi connectivity index (χ1v) is 7.69. The first-order valence-electron chi connectivity index (χ1n) is 7.69. The van der Waals surface area contributed by atoms with Gasteiger partial charge in [0.15, 0.2) is 11.5 Å². The maximum Gasteiger partial charge on any atom is 0.227 e. The molecule has 0 radical (unpaired) electrons. The van der Waals surface area contributed by atoms with Crippen molar-refractivity contribution < 1.29 is 9.53 Å².